The molecule has 4 rings (SSSR count). The van der Waals surface area contributed by atoms with E-state index in [-0.39, 0.29) is 33.3 Å². The van der Waals surface area contributed by atoms with E-state index in [1.807, 2.05) is 0 Å². The first-order valence-corrected chi connectivity index (χ1v) is 11.4. The van der Waals surface area contributed by atoms with Gasteiger partial charge in [-0.15, -0.1) is 0 Å². The van der Waals surface area contributed by atoms with Gasteiger partial charge in [0.25, 0.3) is 11.7 Å². The molecule has 1 aliphatic rings. The van der Waals surface area contributed by atoms with Gasteiger partial charge < -0.3 is 19.3 Å². The highest BCUT2D eigenvalue weighted by Gasteiger charge is 2.47. The van der Waals surface area contributed by atoms with E-state index >= 15 is 0 Å². The van der Waals surface area contributed by atoms with Crippen molar-refractivity contribution >= 4 is 34.7 Å². The number of alkyl halides is 3. The highest BCUT2D eigenvalue weighted by molar-refractivity contribution is 6.51. The third-order valence-corrected chi connectivity index (χ3v) is 6.35. The van der Waals surface area contributed by atoms with Crippen LogP contribution in [0.1, 0.15) is 22.7 Å². The molecular formula is C27H21ClF3NO6. The molecule has 0 aliphatic carbocycles. The predicted molar refractivity (Wildman–Crippen MR) is 134 cm³/mol. The molecule has 1 unspecified atom stereocenters. The molecule has 38 heavy (non-hydrogen) atoms. The summed E-state index contributed by atoms with van der Waals surface area (Å²) in [6.45, 7) is 0. The second-order valence-corrected chi connectivity index (χ2v) is 8.58. The van der Waals surface area contributed by atoms with Crippen LogP contribution in [0.4, 0.5) is 18.9 Å². The maximum Gasteiger partial charge on any atom is 0.416 e. The largest absolute Gasteiger partial charge is 0.507 e. The highest BCUT2D eigenvalue weighted by Crippen LogP contribution is 2.45. The molecule has 0 bridgehead atoms. The number of hydrogen-bond acceptors (Lipinski definition) is 6. The minimum Gasteiger partial charge on any atom is -0.507 e. The molecule has 0 radical (unpaired) electrons. The molecule has 1 N–H and O–H groups in total. The summed E-state index contributed by atoms with van der Waals surface area (Å²) in [6, 6.07) is 11.7. The van der Waals surface area contributed by atoms with Crippen LogP contribution in [0.25, 0.3) is 5.76 Å². The molecule has 7 nitrogen and oxygen atoms in total. The number of Topliss-reactive ketones (excluding diaryl/α,β-unsaturated/α-hetero) is 1. The van der Waals surface area contributed by atoms with Crippen LogP contribution in [-0.4, -0.2) is 38.1 Å². The summed E-state index contributed by atoms with van der Waals surface area (Å²) in [4.78, 5) is 27.6. The Morgan fingerprint density at radius 1 is 0.921 bits per heavy atom. The van der Waals surface area contributed by atoms with Crippen LogP contribution in [0.3, 0.4) is 0 Å². The summed E-state index contributed by atoms with van der Waals surface area (Å²) in [5.41, 5.74) is -1.21. The molecule has 0 aromatic heterocycles. The van der Waals surface area contributed by atoms with Crippen molar-refractivity contribution in [3.8, 4) is 17.2 Å². The van der Waals surface area contributed by atoms with Crippen molar-refractivity contribution in [1.29, 1.82) is 0 Å². The summed E-state index contributed by atoms with van der Waals surface area (Å²) < 4.78 is 56.1. The number of carbonyl (C=O) groups excluding carboxylic acids is 2. The van der Waals surface area contributed by atoms with Crippen LogP contribution in [0.2, 0.25) is 5.02 Å². The van der Waals surface area contributed by atoms with Crippen LogP contribution in [0.15, 0.2) is 66.2 Å². The van der Waals surface area contributed by atoms with Gasteiger partial charge in [0.2, 0.25) is 0 Å². The van der Waals surface area contributed by atoms with E-state index in [4.69, 9.17) is 25.8 Å². The second kappa shape index (κ2) is 10.3. The van der Waals surface area contributed by atoms with Crippen LogP contribution < -0.4 is 19.1 Å². The first kappa shape index (κ1) is 26.9. The van der Waals surface area contributed by atoms with Gasteiger partial charge in [0, 0.05) is 11.8 Å². The van der Waals surface area contributed by atoms with E-state index in [0.717, 1.165) is 23.1 Å². The standard InChI is InChI=1S/C27H21ClF3NO6/c1-36-17-9-7-14(8-10-17)23-22(24(33)18-12-21(38-3)19(28)13-20(18)37-2)25(34)26(35)32(23)16-6-4-5-15(11-16)27(29,30)31/h4-13,23,33H,1-3H3/b24-22+. The smallest absolute Gasteiger partial charge is 0.416 e. The van der Waals surface area contributed by atoms with Crippen molar-refractivity contribution in [1.82, 2.24) is 0 Å². The lowest BCUT2D eigenvalue weighted by Gasteiger charge is -2.26. The lowest BCUT2D eigenvalue weighted by molar-refractivity contribution is -0.137. The van der Waals surface area contributed by atoms with E-state index < -0.39 is 35.2 Å². The van der Waals surface area contributed by atoms with Crippen molar-refractivity contribution in [2.24, 2.45) is 0 Å². The van der Waals surface area contributed by atoms with Crippen molar-refractivity contribution in [2.75, 3.05) is 26.2 Å². The zero-order valence-electron chi connectivity index (χ0n) is 20.3. The maximum absolute atomic E-state index is 13.5. The predicted octanol–water partition coefficient (Wildman–Crippen LogP) is 6.01. The monoisotopic (exact) mass is 547 g/mol. The Labute approximate surface area is 220 Å². The molecule has 198 valence electrons. The van der Waals surface area contributed by atoms with Gasteiger partial charge in [-0.3, -0.25) is 14.5 Å². The quantitative estimate of drug-likeness (QED) is 0.231. The SMILES string of the molecule is COc1ccc(C2/C(=C(\O)c3cc(OC)c(Cl)cc3OC)C(=O)C(=O)N2c2cccc(C(F)(F)F)c2)cc1. The molecule has 3 aromatic rings. The highest BCUT2D eigenvalue weighted by atomic mass is 35.5. The third kappa shape index (κ3) is 4.74. The normalized spacial score (nSPS) is 17.0. The fourth-order valence-electron chi connectivity index (χ4n) is 4.22. The topological polar surface area (TPSA) is 85.3 Å². The molecule has 3 aromatic carbocycles. The Balaban J connectivity index is 1.99. The Morgan fingerprint density at radius 3 is 2.16 bits per heavy atom. The van der Waals surface area contributed by atoms with E-state index in [1.54, 1.807) is 24.3 Å². The van der Waals surface area contributed by atoms with Gasteiger partial charge in [0.15, 0.2) is 0 Å². The zero-order valence-corrected chi connectivity index (χ0v) is 21.1. The molecule has 1 amide bonds. The van der Waals surface area contributed by atoms with Gasteiger partial charge in [0.05, 0.1) is 49.1 Å². The summed E-state index contributed by atoms with van der Waals surface area (Å²) >= 11 is 6.17. The fourth-order valence-corrected chi connectivity index (χ4v) is 4.45. The minimum absolute atomic E-state index is 0.00527. The average molecular weight is 548 g/mol. The van der Waals surface area contributed by atoms with Crippen molar-refractivity contribution in [3.63, 3.8) is 0 Å². The molecule has 1 saturated heterocycles. The van der Waals surface area contributed by atoms with Gasteiger partial charge in [0.1, 0.15) is 23.0 Å². The van der Waals surface area contributed by atoms with Gasteiger partial charge >= 0.3 is 6.18 Å². The number of halogens is 4. The van der Waals surface area contributed by atoms with Gasteiger partial charge in [-0.2, -0.15) is 13.2 Å². The number of benzene rings is 3. The maximum atomic E-state index is 13.5. The van der Waals surface area contributed by atoms with E-state index in [2.05, 4.69) is 0 Å². The summed E-state index contributed by atoms with van der Waals surface area (Å²) in [5, 5.41) is 11.6. The third-order valence-electron chi connectivity index (χ3n) is 6.06. The average Bonchev–Trinajstić information content (AvgIpc) is 3.17. The second-order valence-electron chi connectivity index (χ2n) is 8.18. The Morgan fingerprint density at radius 2 is 1.58 bits per heavy atom. The summed E-state index contributed by atoms with van der Waals surface area (Å²) in [6.07, 6.45) is -4.69. The number of hydrogen-bond donors (Lipinski definition) is 1. The Hall–Kier alpha value is -4.18. The number of aliphatic hydroxyl groups is 1. The number of amides is 1. The van der Waals surface area contributed by atoms with Crippen molar-refractivity contribution < 1.29 is 42.1 Å². The van der Waals surface area contributed by atoms with E-state index in [0.29, 0.717) is 11.3 Å². The van der Waals surface area contributed by atoms with Crippen molar-refractivity contribution in [2.45, 2.75) is 12.2 Å². The van der Waals surface area contributed by atoms with Gasteiger partial charge in [-0.05, 0) is 42.0 Å². The fraction of sp³-hybridized carbons (Fsp3) is 0.185. The Kier molecular flexibility index (Phi) is 7.28. The zero-order chi connectivity index (χ0) is 27.8. The summed E-state index contributed by atoms with van der Waals surface area (Å²) in [5.74, 6) is -2.14. The number of methoxy groups -OCH3 is 3. The summed E-state index contributed by atoms with van der Waals surface area (Å²) in [7, 11) is 4.11. The number of aliphatic hydroxyl groups excluding tert-OH is 1. The van der Waals surface area contributed by atoms with Gasteiger partial charge in [-0.25, -0.2) is 0 Å². The molecular weight excluding hydrogens is 527 g/mol. The number of rotatable bonds is 6. The number of ether oxygens (including phenoxy) is 3. The molecule has 1 atom stereocenters. The van der Waals surface area contributed by atoms with E-state index in [1.165, 1.54) is 39.5 Å². The first-order valence-electron chi connectivity index (χ1n) is 11.1. The molecule has 1 fully saturated rings. The Bertz CT molecular complexity index is 1440. The number of nitrogens with zero attached hydrogens (tertiary/aromatic N) is 1. The number of carbonyl (C=O) groups is 2. The lowest BCUT2D eigenvalue weighted by atomic mass is 9.94. The molecule has 0 saturated carbocycles. The van der Waals surface area contributed by atoms with Crippen LogP contribution in [0, 0.1) is 0 Å². The molecule has 11 heteroatoms. The first-order chi connectivity index (χ1) is 18.0. The van der Waals surface area contributed by atoms with E-state index in [9.17, 15) is 27.9 Å². The molecule has 1 aliphatic heterocycles. The van der Waals surface area contributed by atoms with Crippen LogP contribution in [-0.2, 0) is 15.8 Å². The van der Waals surface area contributed by atoms with Crippen LogP contribution in [0.5, 0.6) is 17.2 Å². The lowest BCUT2D eigenvalue weighted by Crippen LogP contribution is -2.29. The molecule has 0 spiro atoms. The minimum atomic E-state index is -4.69. The van der Waals surface area contributed by atoms with Gasteiger partial charge in [-0.1, -0.05) is 29.8 Å². The van der Waals surface area contributed by atoms with Crippen molar-refractivity contribution in [3.05, 3.63) is 87.9 Å². The number of anilines is 1. The van der Waals surface area contributed by atoms with Crippen LogP contribution >= 0.6 is 11.6 Å². The number of ketones is 1. The molecule has 1 heterocycles.